The summed E-state index contributed by atoms with van der Waals surface area (Å²) in [7, 11) is 0. The van der Waals surface area contributed by atoms with Crippen LogP contribution in [0.2, 0.25) is 0 Å². The zero-order chi connectivity index (χ0) is 12.0. The predicted molar refractivity (Wildman–Crippen MR) is 68.1 cm³/mol. The first-order chi connectivity index (χ1) is 7.58. The van der Waals surface area contributed by atoms with Gasteiger partial charge in [0.15, 0.2) is 0 Å². The molecule has 5 heteroatoms. The van der Waals surface area contributed by atoms with Crippen LogP contribution in [0.5, 0.6) is 0 Å². The Bertz CT molecular complexity index is 373. The maximum absolute atomic E-state index is 11.4. The normalized spacial score (nSPS) is 10.8. The molecular formula is C11H14BrN3O. The Labute approximate surface area is 103 Å². The highest BCUT2D eigenvalue weighted by Gasteiger charge is 1.99. The van der Waals surface area contributed by atoms with Crippen molar-refractivity contribution in [3.05, 3.63) is 35.1 Å². The maximum atomic E-state index is 11.4. The molecule has 4 nitrogen and oxygen atoms in total. The smallest absolute Gasteiger partial charge is 0.315 e. The molecule has 16 heavy (non-hydrogen) atoms. The molecule has 0 aliphatic carbocycles. The van der Waals surface area contributed by atoms with Gasteiger partial charge in [0.1, 0.15) is 5.82 Å². The van der Waals surface area contributed by atoms with Crippen molar-refractivity contribution in [2.24, 2.45) is 5.92 Å². The van der Waals surface area contributed by atoms with E-state index in [1.165, 1.54) is 0 Å². The van der Waals surface area contributed by atoms with Crippen LogP contribution < -0.4 is 10.6 Å². The van der Waals surface area contributed by atoms with Crippen LogP contribution in [0.1, 0.15) is 13.8 Å². The van der Waals surface area contributed by atoms with Gasteiger partial charge in [-0.1, -0.05) is 19.9 Å². The van der Waals surface area contributed by atoms with Gasteiger partial charge in [0.05, 0.1) is 0 Å². The van der Waals surface area contributed by atoms with Crippen molar-refractivity contribution >= 4 is 27.8 Å². The average Bonchev–Trinajstić information content (AvgIpc) is 2.21. The summed E-state index contributed by atoms with van der Waals surface area (Å²) in [5, 5.41) is 5.20. The van der Waals surface area contributed by atoms with Gasteiger partial charge in [-0.05, 0) is 34.0 Å². The summed E-state index contributed by atoms with van der Waals surface area (Å²) in [6.45, 7) is 4.07. The molecule has 86 valence electrons. The van der Waals surface area contributed by atoms with Gasteiger partial charge < -0.3 is 5.32 Å². The van der Waals surface area contributed by atoms with Crippen LogP contribution in [-0.4, -0.2) is 11.0 Å². The van der Waals surface area contributed by atoms with Crippen molar-refractivity contribution in [2.75, 3.05) is 5.32 Å². The average molecular weight is 284 g/mol. The summed E-state index contributed by atoms with van der Waals surface area (Å²) in [5.41, 5.74) is 0. The van der Waals surface area contributed by atoms with Crippen LogP contribution in [-0.2, 0) is 0 Å². The maximum Gasteiger partial charge on any atom is 0.324 e. The minimum Gasteiger partial charge on any atom is -0.315 e. The highest BCUT2D eigenvalue weighted by atomic mass is 79.9. The number of nitrogens with zero attached hydrogens (tertiary/aromatic N) is 1. The lowest BCUT2D eigenvalue weighted by atomic mass is 10.2. The van der Waals surface area contributed by atoms with Gasteiger partial charge in [0.25, 0.3) is 0 Å². The fourth-order valence-corrected chi connectivity index (χ4v) is 1.15. The lowest BCUT2D eigenvalue weighted by molar-refractivity contribution is 0.255. The first kappa shape index (κ1) is 12.7. The molecule has 0 aliphatic heterocycles. The highest BCUT2D eigenvalue weighted by molar-refractivity contribution is 9.10. The summed E-state index contributed by atoms with van der Waals surface area (Å²) < 4.78 is 0.873. The number of carbonyl (C=O) groups excluding carboxylic acids is 1. The Hall–Kier alpha value is -1.36. The summed E-state index contributed by atoms with van der Waals surface area (Å²) in [6.07, 6.45) is 5.15. The van der Waals surface area contributed by atoms with Gasteiger partial charge in [-0.25, -0.2) is 9.78 Å². The number of carbonyl (C=O) groups is 1. The molecule has 0 fully saturated rings. The first-order valence-corrected chi connectivity index (χ1v) is 5.73. The molecule has 1 aromatic rings. The zero-order valence-corrected chi connectivity index (χ0v) is 10.8. The third kappa shape index (κ3) is 4.93. The molecule has 1 aromatic heterocycles. The number of urea groups is 1. The standard InChI is InChI=1S/C11H14BrN3O/c1-8(2)5-6-13-11(16)15-10-4-3-9(12)7-14-10/h3-8H,1-2H3,(H2,13,14,15,16)/b6-5+. The van der Waals surface area contributed by atoms with E-state index in [0.717, 1.165) is 4.47 Å². The highest BCUT2D eigenvalue weighted by Crippen LogP contribution is 2.10. The van der Waals surface area contributed by atoms with Crippen LogP contribution in [0.4, 0.5) is 10.6 Å². The van der Waals surface area contributed by atoms with Crippen molar-refractivity contribution in [3.8, 4) is 0 Å². The van der Waals surface area contributed by atoms with E-state index in [1.54, 1.807) is 18.5 Å². The second kappa shape index (κ2) is 6.27. The van der Waals surface area contributed by atoms with Gasteiger partial charge in [0.2, 0.25) is 0 Å². The van der Waals surface area contributed by atoms with Crippen molar-refractivity contribution in [1.82, 2.24) is 10.3 Å². The fourth-order valence-electron chi connectivity index (χ4n) is 0.918. The number of nitrogens with one attached hydrogen (secondary N) is 2. The molecule has 1 rings (SSSR count). The number of halogens is 1. The molecule has 2 amide bonds. The molecule has 1 heterocycles. The molecule has 0 atom stereocenters. The van der Waals surface area contributed by atoms with Crippen LogP contribution in [0.25, 0.3) is 0 Å². The van der Waals surface area contributed by atoms with E-state index < -0.39 is 0 Å². The molecule has 0 unspecified atom stereocenters. The van der Waals surface area contributed by atoms with Crippen molar-refractivity contribution in [3.63, 3.8) is 0 Å². The molecular weight excluding hydrogens is 270 g/mol. The van der Waals surface area contributed by atoms with Crippen molar-refractivity contribution in [1.29, 1.82) is 0 Å². The SMILES string of the molecule is CC(C)/C=C/NC(=O)Nc1ccc(Br)cn1. The third-order valence-electron chi connectivity index (χ3n) is 1.66. The second-order valence-corrected chi connectivity index (χ2v) is 4.48. The van der Waals surface area contributed by atoms with Crippen molar-refractivity contribution < 1.29 is 4.79 Å². The van der Waals surface area contributed by atoms with E-state index in [2.05, 4.69) is 31.5 Å². The van der Waals surface area contributed by atoms with E-state index in [4.69, 9.17) is 0 Å². The van der Waals surface area contributed by atoms with Gasteiger partial charge in [-0.15, -0.1) is 0 Å². The van der Waals surface area contributed by atoms with E-state index in [1.807, 2.05) is 26.0 Å². The summed E-state index contributed by atoms with van der Waals surface area (Å²) >= 11 is 3.27. The van der Waals surface area contributed by atoms with Gasteiger partial charge in [-0.2, -0.15) is 0 Å². The quantitative estimate of drug-likeness (QED) is 0.896. The molecule has 0 aromatic carbocycles. The Morgan fingerprint density at radius 3 is 2.81 bits per heavy atom. The van der Waals surface area contributed by atoms with E-state index in [9.17, 15) is 4.79 Å². The van der Waals surface area contributed by atoms with Crippen LogP contribution in [0, 0.1) is 5.92 Å². The van der Waals surface area contributed by atoms with Crippen LogP contribution in [0.15, 0.2) is 35.1 Å². The fraction of sp³-hybridized carbons (Fsp3) is 0.273. The van der Waals surface area contributed by atoms with Gasteiger partial charge in [-0.3, -0.25) is 5.32 Å². The summed E-state index contributed by atoms with van der Waals surface area (Å²) in [6, 6.07) is 3.23. The summed E-state index contributed by atoms with van der Waals surface area (Å²) in [4.78, 5) is 15.4. The zero-order valence-electron chi connectivity index (χ0n) is 9.20. The van der Waals surface area contributed by atoms with E-state index >= 15 is 0 Å². The van der Waals surface area contributed by atoms with Crippen LogP contribution >= 0.6 is 15.9 Å². The first-order valence-electron chi connectivity index (χ1n) is 4.93. The minimum absolute atomic E-state index is 0.299. The number of amides is 2. The van der Waals surface area contributed by atoms with Crippen molar-refractivity contribution in [2.45, 2.75) is 13.8 Å². The topological polar surface area (TPSA) is 54.0 Å². The largest absolute Gasteiger partial charge is 0.324 e. The number of allylic oxidation sites excluding steroid dienone is 1. The number of aromatic nitrogens is 1. The molecule has 0 radical (unpaired) electrons. The predicted octanol–water partition coefficient (Wildman–Crippen LogP) is 3.14. The number of anilines is 1. The molecule has 2 N–H and O–H groups in total. The third-order valence-corrected chi connectivity index (χ3v) is 2.13. The molecule has 0 saturated carbocycles. The van der Waals surface area contributed by atoms with Crippen LogP contribution in [0.3, 0.4) is 0 Å². The van der Waals surface area contributed by atoms with Gasteiger partial charge >= 0.3 is 6.03 Å². The Morgan fingerprint density at radius 2 is 2.25 bits per heavy atom. The molecule has 0 aliphatic rings. The van der Waals surface area contributed by atoms with Gasteiger partial charge in [0, 0.05) is 16.9 Å². The number of pyridine rings is 1. The number of hydrogen-bond donors (Lipinski definition) is 2. The van der Waals surface area contributed by atoms with E-state index in [0.29, 0.717) is 11.7 Å². The summed E-state index contributed by atoms with van der Waals surface area (Å²) in [5.74, 6) is 0.921. The lowest BCUT2D eigenvalue weighted by Gasteiger charge is -2.03. The monoisotopic (exact) mass is 283 g/mol. The molecule has 0 saturated heterocycles. The molecule has 0 bridgehead atoms. The van der Waals surface area contributed by atoms with E-state index in [-0.39, 0.29) is 6.03 Å². The second-order valence-electron chi connectivity index (χ2n) is 3.56. The number of rotatable bonds is 3. The number of hydrogen-bond acceptors (Lipinski definition) is 2. The Balaban J connectivity index is 2.43. The minimum atomic E-state index is -0.299. The Kier molecular flexibility index (Phi) is 4.98. The molecule has 0 spiro atoms. The Morgan fingerprint density at radius 1 is 1.50 bits per heavy atom. The lowest BCUT2D eigenvalue weighted by Crippen LogP contribution is -2.24.